The topological polar surface area (TPSA) is 61.5 Å². The first-order chi connectivity index (χ1) is 12.0. The minimum absolute atomic E-state index is 0.0197. The number of hydrogen-bond donors (Lipinski definition) is 1. The molecule has 5 heteroatoms. The number of rotatable bonds is 4. The van der Waals surface area contributed by atoms with E-state index < -0.39 is 0 Å². The molecule has 1 aliphatic rings. The summed E-state index contributed by atoms with van der Waals surface area (Å²) >= 11 is 1.44. The van der Waals surface area contributed by atoms with Crippen molar-refractivity contribution in [2.45, 2.75) is 52.1 Å². The predicted molar refractivity (Wildman–Crippen MR) is 102 cm³/mol. The van der Waals surface area contributed by atoms with E-state index in [-0.39, 0.29) is 12.1 Å². The van der Waals surface area contributed by atoms with Crippen molar-refractivity contribution in [3.05, 3.63) is 34.2 Å². The number of methoxy groups -OCH3 is 1. The lowest BCUT2D eigenvalue weighted by Gasteiger charge is -2.22. The average molecular weight is 359 g/mol. The van der Waals surface area contributed by atoms with Crippen LogP contribution in [0.5, 0.6) is 5.75 Å². The zero-order chi connectivity index (χ0) is 18.0. The summed E-state index contributed by atoms with van der Waals surface area (Å²) in [6.45, 7) is 3.99. The van der Waals surface area contributed by atoms with Crippen LogP contribution in [0.25, 0.3) is 11.1 Å². The fourth-order valence-electron chi connectivity index (χ4n) is 3.54. The van der Waals surface area contributed by atoms with Gasteiger partial charge in [-0.3, -0.25) is 0 Å². The van der Waals surface area contributed by atoms with Gasteiger partial charge >= 0.3 is 5.97 Å². The second-order valence-electron chi connectivity index (χ2n) is 6.62. The van der Waals surface area contributed by atoms with E-state index in [4.69, 9.17) is 15.2 Å². The van der Waals surface area contributed by atoms with Crippen LogP contribution in [-0.2, 0) is 4.74 Å². The molecule has 2 N–H and O–H groups in total. The van der Waals surface area contributed by atoms with Crippen LogP contribution < -0.4 is 10.5 Å². The molecule has 1 aromatic heterocycles. The van der Waals surface area contributed by atoms with Crippen molar-refractivity contribution in [2.24, 2.45) is 0 Å². The summed E-state index contributed by atoms with van der Waals surface area (Å²) in [7, 11) is 1.66. The molecule has 2 aromatic rings. The maximum Gasteiger partial charge on any atom is 0.342 e. The standard InChI is InChI=1S/C20H25NO3S/c1-12-11-14(9-10-16(12)23-3)17-13(2)25-19(21)18(17)20(22)24-15-7-5-4-6-8-15/h9-11,15H,4-8,21H2,1-3H3. The molecule has 3 rings (SSSR count). The summed E-state index contributed by atoms with van der Waals surface area (Å²) in [4.78, 5) is 13.9. The Morgan fingerprint density at radius 1 is 1.20 bits per heavy atom. The number of ether oxygens (including phenoxy) is 2. The maximum atomic E-state index is 12.8. The summed E-state index contributed by atoms with van der Waals surface area (Å²) < 4.78 is 11.1. The minimum Gasteiger partial charge on any atom is -0.496 e. The molecule has 4 nitrogen and oxygen atoms in total. The van der Waals surface area contributed by atoms with Gasteiger partial charge in [-0.1, -0.05) is 12.5 Å². The van der Waals surface area contributed by atoms with E-state index in [0.29, 0.717) is 10.6 Å². The van der Waals surface area contributed by atoms with Crippen LogP contribution in [0.4, 0.5) is 5.00 Å². The lowest BCUT2D eigenvalue weighted by molar-refractivity contribution is 0.0213. The lowest BCUT2D eigenvalue weighted by atomic mass is 9.97. The molecular formula is C20H25NO3S. The second kappa shape index (κ2) is 7.48. The third-order valence-corrected chi connectivity index (χ3v) is 5.76. The number of thiophene rings is 1. The van der Waals surface area contributed by atoms with E-state index in [9.17, 15) is 4.79 Å². The van der Waals surface area contributed by atoms with E-state index in [1.54, 1.807) is 7.11 Å². The Morgan fingerprint density at radius 2 is 1.92 bits per heavy atom. The smallest absolute Gasteiger partial charge is 0.342 e. The van der Waals surface area contributed by atoms with Crippen LogP contribution in [0.3, 0.4) is 0 Å². The molecule has 1 aromatic carbocycles. The Morgan fingerprint density at radius 3 is 2.56 bits per heavy atom. The van der Waals surface area contributed by atoms with Gasteiger partial charge in [0, 0.05) is 10.4 Å². The number of esters is 1. The van der Waals surface area contributed by atoms with Gasteiger partial charge in [-0.05, 0) is 62.8 Å². The first-order valence-electron chi connectivity index (χ1n) is 8.76. The maximum absolute atomic E-state index is 12.8. The van der Waals surface area contributed by atoms with Gasteiger partial charge in [-0.25, -0.2) is 4.79 Å². The van der Waals surface area contributed by atoms with E-state index in [1.165, 1.54) is 17.8 Å². The Kier molecular flexibility index (Phi) is 5.33. The van der Waals surface area contributed by atoms with Crippen molar-refractivity contribution >= 4 is 22.3 Å². The third kappa shape index (κ3) is 3.66. The molecule has 25 heavy (non-hydrogen) atoms. The first kappa shape index (κ1) is 17.8. The Balaban J connectivity index is 1.95. The SMILES string of the molecule is COc1ccc(-c2c(C)sc(N)c2C(=O)OC2CCCCC2)cc1C. The molecule has 134 valence electrons. The molecule has 1 heterocycles. The van der Waals surface area contributed by atoms with Gasteiger partial charge in [-0.15, -0.1) is 11.3 Å². The van der Waals surface area contributed by atoms with Crippen LogP contribution >= 0.6 is 11.3 Å². The molecule has 0 atom stereocenters. The number of nitrogen functional groups attached to an aromatic ring is 1. The van der Waals surface area contributed by atoms with Gasteiger partial charge in [0.2, 0.25) is 0 Å². The Labute approximate surface area is 153 Å². The molecule has 1 saturated carbocycles. The molecule has 0 saturated heterocycles. The van der Waals surface area contributed by atoms with E-state index in [1.807, 2.05) is 32.0 Å². The number of hydrogen-bond acceptors (Lipinski definition) is 5. The molecule has 1 aliphatic carbocycles. The molecule has 0 amide bonds. The predicted octanol–water partition coefficient (Wildman–Crippen LogP) is 5.11. The molecule has 0 unspecified atom stereocenters. The summed E-state index contributed by atoms with van der Waals surface area (Å²) in [5, 5.41) is 0.529. The first-order valence-corrected chi connectivity index (χ1v) is 9.57. The van der Waals surface area contributed by atoms with Gasteiger partial charge in [0.05, 0.1) is 7.11 Å². The van der Waals surface area contributed by atoms with Crippen LogP contribution in [0, 0.1) is 13.8 Å². The van der Waals surface area contributed by atoms with Gasteiger partial charge in [0.1, 0.15) is 22.4 Å². The van der Waals surface area contributed by atoms with Gasteiger partial charge in [0.15, 0.2) is 0 Å². The number of anilines is 1. The van der Waals surface area contributed by atoms with E-state index >= 15 is 0 Å². The molecule has 0 bridgehead atoms. The highest BCUT2D eigenvalue weighted by Crippen LogP contribution is 2.40. The molecule has 0 spiro atoms. The lowest BCUT2D eigenvalue weighted by Crippen LogP contribution is -2.21. The third-order valence-electron chi connectivity index (χ3n) is 4.83. The van der Waals surface area contributed by atoms with Crippen molar-refractivity contribution in [1.82, 2.24) is 0 Å². The quantitative estimate of drug-likeness (QED) is 0.770. The van der Waals surface area contributed by atoms with Gasteiger partial charge in [0.25, 0.3) is 0 Å². The Hall–Kier alpha value is -2.01. The summed E-state index contributed by atoms with van der Waals surface area (Å²) in [6.07, 6.45) is 5.40. The number of nitrogens with two attached hydrogens (primary N) is 1. The zero-order valence-electron chi connectivity index (χ0n) is 15.1. The summed E-state index contributed by atoms with van der Waals surface area (Å²) in [6, 6.07) is 5.93. The molecular weight excluding hydrogens is 334 g/mol. The fourth-order valence-corrected chi connectivity index (χ4v) is 4.48. The monoisotopic (exact) mass is 359 g/mol. The number of carbonyl (C=O) groups is 1. The van der Waals surface area contributed by atoms with E-state index in [0.717, 1.165) is 53.0 Å². The highest BCUT2D eigenvalue weighted by Gasteiger charge is 2.26. The van der Waals surface area contributed by atoms with Crippen LogP contribution in [-0.4, -0.2) is 19.2 Å². The van der Waals surface area contributed by atoms with Crippen LogP contribution in [0.15, 0.2) is 18.2 Å². The highest BCUT2D eigenvalue weighted by atomic mass is 32.1. The van der Waals surface area contributed by atoms with Gasteiger partial charge < -0.3 is 15.2 Å². The summed E-state index contributed by atoms with van der Waals surface area (Å²) in [5.74, 6) is 0.535. The normalized spacial score (nSPS) is 15.2. The van der Waals surface area contributed by atoms with Crippen LogP contribution in [0.2, 0.25) is 0 Å². The molecule has 0 aliphatic heterocycles. The molecule has 0 radical (unpaired) electrons. The van der Waals surface area contributed by atoms with Gasteiger partial charge in [-0.2, -0.15) is 0 Å². The van der Waals surface area contributed by atoms with Crippen molar-refractivity contribution in [2.75, 3.05) is 12.8 Å². The number of benzene rings is 1. The fraction of sp³-hybridized carbons (Fsp3) is 0.450. The zero-order valence-corrected chi connectivity index (χ0v) is 15.9. The van der Waals surface area contributed by atoms with Crippen molar-refractivity contribution in [3.63, 3.8) is 0 Å². The summed E-state index contributed by atoms with van der Waals surface area (Å²) in [5.41, 5.74) is 9.56. The van der Waals surface area contributed by atoms with Crippen molar-refractivity contribution in [1.29, 1.82) is 0 Å². The average Bonchev–Trinajstić information content (AvgIpc) is 2.89. The highest BCUT2D eigenvalue weighted by molar-refractivity contribution is 7.16. The van der Waals surface area contributed by atoms with Crippen LogP contribution in [0.1, 0.15) is 52.9 Å². The van der Waals surface area contributed by atoms with Crippen molar-refractivity contribution < 1.29 is 14.3 Å². The molecule has 1 fully saturated rings. The van der Waals surface area contributed by atoms with E-state index in [2.05, 4.69) is 0 Å². The second-order valence-corrected chi connectivity index (χ2v) is 7.88. The minimum atomic E-state index is -0.294. The van der Waals surface area contributed by atoms with Crippen molar-refractivity contribution in [3.8, 4) is 16.9 Å². The Bertz CT molecular complexity index is 775. The largest absolute Gasteiger partial charge is 0.496 e. The number of carbonyl (C=O) groups excluding carboxylic acids is 1. The number of aryl methyl sites for hydroxylation is 2.